The molecule has 0 unspecified atom stereocenters. The van der Waals surface area contributed by atoms with Crippen LogP contribution in [0.4, 0.5) is 0 Å². The summed E-state index contributed by atoms with van der Waals surface area (Å²) in [6.45, 7) is 4.45. The first-order valence-corrected chi connectivity index (χ1v) is 7.34. The maximum absolute atomic E-state index is 5.65. The van der Waals surface area contributed by atoms with Gasteiger partial charge in [-0.25, -0.2) is 4.98 Å². The molecular formula is C15H25IN4O. The van der Waals surface area contributed by atoms with Crippen molar-refractivity contribution in [1.82, 2.24) is 15.6 Å². The van der Waals surface area contributed by atoms with Crippen molar-refractivity contribution in [3.63, 3.8) is 0 Å². The zero-order valence-corrected chi connectivity index (χ0v) is 15.1. The molecule has 6 heteroatoms. The molecule has 0 aliphatic heterocycles. The normalized spacial score (nSPS) is 14.3. The van der Waals surface area contributed by atoms with Gasteiger partial charge in [0.15, 0.2) is 5.96 Å². The standard InChI is InChI=1S/C15H24N4O.HI/c1-3-9-20-14-13(5-4-8-17-14)11-19-15(16-2)18-10-12-6-7-12;/h4-5,8,12H,3,6-7,9-11H2,1-2H3,(H2,16,18,19);1H. The van der Waals surface area contributed by atoms with E-state index in [-0.39, 0.29) is 24.0 Å². The lowest BCUT2D eigenvalue weighted by Gasteiger charge is -2.13. The summed E-state index contributed by atoms with van der Waals surface area (Å²) in [5, 5.41) is 6.65. The molecule has 2 N–H and O–H groups in total. The Balaban J connectivity index is 0.00000220. The molecule has 0 bridgehead atoms. The lowest BCUT2D eigenvalue weighted by molar-refractivity contribution is 0.301. The van der Waals surface area contributed by atoms with Crippen molar-refractivity contribution in [3.05, 3.63) is 23.9 Å². The molecule has 1 aromatic rings. The quantitative estimate of drug-likeness (QED) is 0.417. The van der Waals surface area contributed by atoms with Crippen LogP contribution in [0.25, 0.3) is 0 Å². The third-order valence-corrected chi connectivity index (χ3v) is 3.22. The summed E-state index contributed by atoms with van der Waals surface area (Å²) < 4.78 is 5.65. The largest absolute Gasteiger partial charge is 0.477 e. The Morgan fingerprint density at radius 1 is 1.43 bits per heavy atom. The number of halogens is 1. The molecule has 0 atom stereocenters. The number of nitrogens with one attached hydrogen (secondary N) is 2. The molecule has 1 saturated carbocycles. The average Bonchev–Trinajstić information content (AvgIpc) is 3.30. The Hall–Kier alpha value is -1.05. The van der Waals surface area contributed by atoms with E-state index >= 15 is 0 Å². The average molecular weight is 404 g/mol. The maximum Gasteiger partial charge on any atom is 0.218 e. The summed E-state index contributed by atoms with van der Waals surface area (Å²) >= 11 is 0. The van der Waals surface area contributed by atoms with Gasteiger partial charge in [0.25, 0.3) is 0 Å². The number of aliphatic imine (C=N–C) groups is 1. The first kappa shape index (κ1) is 18.0. The Bertz CT molecular complexity index is 449. The molecule has 1 aliphatic carbocycles. The third-order valence-electron chi connectivity index (χ3n) is 3.22. The number of rotatable bonds is 7. The van der Waals surface area contributed by atoms with Gasteiger partial charge in [-0.3, -0.25) is 4.99 Å². The summed E-state index contributed by atoms with van der Waals surface area (Å²) in [5.74, 6) is 2.37. The summed E-state index contributed by atoms with van der Waals surface area (Å²) in [6, 6.07) is 3.95. The van der Waals surface area contributed by atoms with E-state index in [4.69, 9.17) is 4.74 Å². The summed E-state index contributed by atoms with van der Waals surface area (Å²) in [4.78, 5) is 8.51. The fraction of sp³-hybridized carbons (Fsp3) is 0.600. The highest BCUT2D eigenvalue weighted by Crippen LogP contribution is 2.27. The Morgan fingerprint density at radius 3 is 2.90 bits per heavy atom. The molecule has 1 aliphatic rings. The van der Waals surface area contributed by atoms with Crippen molar-refractivity contribution in [2.24, 2.45) is 10.9 Å². The van der Waals surface area contributed by atoms with Crippen LogP contribution in [-0.2, 0) is 6.54 Å². The minimum Gasteiger partial charge on any atom is -0.477 e. The molecule has 2 rings (SSSR count). The fourth-order valence-corrected chi connectivity index (χ4v) is 1.85. The predicted octanol–water partition coefficient (Wildman–Crippen LogP) is 2.56. The highest BCUT2D eigenvalue weighted by molar-refractivity contribution is 14.0. The molecule has 5 nitrogen and oxygen atoms in total. The van der Waals surface area contributed by atoms with Gasteiger partial charge >= 0.3 is 0 Å². The predicted molar refractivity (Wildman–Crippen MR) is 96.4 cm³/mol. The van der Waals surface area contributed by atoms with Crippen LogP contribution in [0, 0.1) is 5.92 Å². The van der Waals surface area contributed by atoms with Crippen LogP contribution in [0.2, 0.25) is 0 Å². The second kappa shape index (κ2) is 9.81. The van der Waals surface area contributed by atoms with Crippen molar-refractivity contribution < 1.29 is 4.74 Å². The van der Waals surface area contributed by atoms with E-state index in [9.17, 15) is 0 Å². The van der Waals surface area contributed by atoms with Crippen molar-refractivity contribution in [2.75, 3.05) is 20.2 Å². The van der Waals surface area contributed by atoms with Crippen molar-refractivity contribution in [1.29, 1.82) is 0 Å². The number of hydrogen-bond donors (Lipinski definition) is 2. The molecular weight excluding hydrogens is 379 g/mol. The van der Waals surface area contributed by atoms with Crippen LogP contribution in [-0.4, -0.2) is 31.1 Å². The highest BCUT2D eigenvalue weighted by atomic mass is 127. The molecule has 21 heavy (non-hydrogen) atoms. The lowest BCUT2D eigenvalue weighted by atomic mass is 10.2. The van der Waals surface area contributed by atoms with E-state index in [1.807, 2.05) is 12.1 Å². The van der Waals surface area contributed by atoms with Crippen LogP contribution < -0.4 is 15.4 Å². The number of guanidine groups is 1. The second-order valence-corrected chi connectivity index (χ2v) is 5.07. The van der Waals surface area contributed by atoms with Crippen LogP contribution in [0.5, 0.6) is 5.88 Å². The van der Waals surface area contributed by atoms with Gasteiger partial charge in [-0.15, -0.1) is 24.0 Å². The Kier molecular flexibility index (Phi) is 8.41. The zero-order valence-electron chi connectivity index (χ0n) is 12.8. The molecule has 0 radical (unpaired) electrons. The molecule has 1 fully saturated rings. The van der Waals surface area contributed by atoms with E-state index in [0.29, 0.717) is 19.0 Å². The van der Waals surface area contributed by atoms with Gasteiger partial charge in [0.05, 0.1) is 6.61 Å². The first-order valence-electron chi connectivity index (χ1n) is 7.34. The Labute approximate surface area is 144 Å². The molecule has 1 heterocycles. The summed E-state index contributed by atoms with van der Waals surface area (Å²) in [7, 11) is 1.79. The first-order chi connectivity index (χ1) is 9.83. The van der Waals surface area contributed by atoms with Gasteiger partial charge in [-0.2, -0.15) is 0 Å². The van der Waals surface area contributed by atoms with Gasteiger partial charge in [0.2, 0.25) is 5.88 Å². The molecule has 1 aromatic heterocycles. The highest BCUT2D eigenvalue weighted by Gasteiger charge is 2.21. The van der Waals surface area contributed by atoms with Gasteiger partial charge in [0, 0.05) is 31.9 Å². The zero-order chi connectivity index (χ0) is 14.2. The lowest BCUT2D eigenvalue weighted by Crippen LogP contribution is -2.37. The summed E-state index contributed by atoms with van der Waals surface area (Å²) in [5.41, 5.74) is 1.05. The fourth-order valence-electron chi connectivity index (χ4n) is 1.85. The van der Waals surface area contributed by atoms with E-state index in [0.717, 1.165) is 30.4 Å². The van der Waals surface area contributed by atoms with Gasteiger partial charge in [-0.05, 0) is 31.2 Å². The maximum atomic E-state index is 5.65. The molecule has 0 amide bonds. The van der Waals surface area contributed by atoms with Crippen molar-refractivity contribution in [2.45, 2.75) is 32.7 Å². The van der Waals surface area contributed by atoms with E-state index < -0.39 is 0 Å². The molecule has 0 spiro atoms. The summed E-state index contributed by atoms with van der Waals surface area (Å²) in [6.07, 6.45) is 5.41. The number of pyridine rings is 1. The van der Waals surface area contributed by atoms with Gasteiger partial charge in [-0.1, -0.05) is 13.0 Å². The Morgan fingerprint density at radius 2 is 2.24 bits per heavy atom. The monoisotopic (exact) mass is 404 g/mol. The van der Waals surface area contributed by atoms with E-state index in [1.54, 1.807) is 13.2 Å². The van der Waals surface area contributed by atoms with Crippen LogP contribution >= 0.6 is 24.0 Å². The molecule has 0 aromatic carbocycles. The second-order valence-electron chi connectivity index (χ2n) is 5.07. The smallest absolute Gasteiger partial charge is 0.218 e. The number of aromatic nitrogens is 1. The number of ether oxygens (including phenoxy) is 1. The van der Waals surface area contributed by atoms with Gasteiger partial charge < -0.3 is 15.4 Å². The topological polar surface area (TPSA) is 58.5 Å². The van der Waals surface area contributed by atoms with E-state index in [1.165, 1.54) is 12.8 Å². The SMILES string of the molecule is CCCOc1ncccc1CNC(=NC)NCC1CC1.I. The third kappa shape index (κ3) is 6.50. The minimum absolute atomic E-state index is 0. The number of nitrogens with zero attached hydrogens (tertiary/aromatic N) is 2. The van der Waals surface area contributed by atoms with Gasteiger partial charge in [0.1, 0.15) is 0 Å². The van der Waals surface area contributed by atoms with Crippen LogP contribution in [0.15, 0.2) is 23.3 Å². The minimum atomic E-state index is 0. The van der Waals surface area contributed by atoms with Crippen LogP contribution in [0.1, 0.15) is 31.7 Å². The van der Waals surface area contributed by atoms with Crippen molar-refractivity contribution >= 4 is 29.9 Å². The van der Waals surface area contributed by atoms with Crippen molar-refractivity contribution in [3.8, 4) is 5.88 Å². The van der Waals surface area contributed by atoms with Crippen LogP contribution in [0.3, 0.4) is 0 Å². The molecule has 118 valence electrons. The molecule has 0 saturated heterocycles. The van der Waals surface area contributed by atoms with E-state index in [2.05, 4.69) is 27.5 Å². The number of hydrogen-bond acceptors (Lipinski definition) is 3.